The molecule has 2 aromatic carbocycles. The molecule has 0 spiro atoms. The molecule has 0 unspecified atom stereocenters. The number of rotatable bonds is 5. The van der Waals surface area contributed by atoms with Gasteiger partial charge in [0, 0.05) is 24.5 Å². The zero-order chi connectivity index (χ0) is 16.4. The molecule has 23 heavy (non-hydrogen) atoms. The van der Waals surface area contributed by atoms with Crippen molar-refractivity contribution in [2.24, 2.45) is 0 Å². The summed E-state index contributed by atoms with van der Waals surface area (Å²) < 4.78 is 0. The van der Waals surface area contributed by atoms with Crippen LogP contribution in [0.2, 0.25) is 0 Å². The Kier molecular flexibility index (Phi) is 4.24. The number of aryl methyl sites for hydroxylation is 2. The van der Waals surface area contributed by atoms with E-state index in [9.17, 15) is 0 Å². The van der Waals surface area contributed by atoms with E-state index in [1.54, 1.807) is 0 Å². The number of H-pyrrole nitrogens is 1. The highest BCUT2D eigenvalue weighted by molar-refractivity contribution is 5.79. The number of imidazole rings is 1. The average Bonchev–Trinajstić information content (AvgIpc) is 2.92. The topological polar surface area (TPSA) is 44.0 Å². The first kappa shape index (κ1) is 15.4. The molecule has 0 radical (unpaired) electrons. The molecule has 0 aliphatic heterocycles. The van der Waals surface area contributed by atoms with E-state index >= 15 is 0 Å². The van der Waals surface area contributed by atoms with E-state index in [2.05, 4.69) is 78.2 Å². The third-order valence-corrected chi connectivity index (χ3v) is 4.23. The van der Waals surface area contributed by atoms with Gasteiger partial charge in [-0.2, -0.15) is 0 Å². The van der Waals surface area contributed by atoms with Gasteiger partial charge in [0.15, 0.2) is 0 Å². The Morgan fingerprint density at radius 1 is 1.04 bits per heavy atom. The van der Waals surface area contributed by atoms with Crippen LogP contribution in [0.4, 0.5) is 17.3 Å². The number of aromatic nitrogens is 2. The largest absolute Gasteiger partial charge is 0.372 e. The van der Waals surface area contributed by atoms with Crippen molar-refractivity contribution in [2.75, 3.05) is 23.3 Å². The lowest BCUT2D eigenvalue weighted by Gasteiger charge is -2.22. The first-order valence-electron chi connectivity index (χ1n) is 8.19. The van der Waals surface area contributed by atoms with Gasteiger partial charge in [0.1, 0.15) is 0 Å². The van der Waals surface area contributed by atoms with Crippen LogP contribution in [0.5, 0.6) is 0 Å². The Balaban J connectivity index is 1.86. The van der Waals surface area contributed by atoms with Crippen LogP contribution in [0, 0.1) is 13.8 Å². The van der Waals surface area contributed by atoms with Crippen LogP contribution in [0.1, 0.15) is 25.0 Å². The molecule has 3 aromatic rings. The standard InChI is InChI=1S/C19H24N4/c1-5-23(6-2)15-8-10-16(14(4)12-15)20-19-21-17-9-7-13(3)11-18(17)22-19/h7-12H,5-6H2,1-4H3,(H2,20,21,22). The van der Waals surface area contributed by atoms with Crippen molar-refractivity contribution in [3.63, 3.8) is 0 Å². The van der Waals surface area contributed by atoms with Crippen molar-refractivity contribution in [1.29, 1.82) is 0 Å². The van der Waals surface area contributed by atoms with Gasteiger partial charge in [-0.1, -0.05) is 6.07 Å². The minimum atomic E-state index is 0.782. The van der Waals surface area contributed by atoms with Crippen molar-refractivity contribution in [3.8, 4) is 0 Å². The van der Waals surface area contributed by atoms with E-state index in [1.165, 1.54) is 16.8 Å². The number of nitrogens with one attached hydrogen (secondary N) is 2. The Morgan fingerprint density at radius 2 is 1.83 bits per heavy atom. The molecule has 0 atom stereocenters. The summed E-state index contributed by atoms with van der Waals surface area (Å²) in [5.74, 6) is 0.782. The lowest BCUT2D eigenvalue weighted by molar-refractivity contribution is 0.866. The fourth-order valence-corrected chi connectivity index (χ4v) is 2.88. The second-order valence-electron chi connectivity index (χ2n) is 5.90. The van der Waals surface area contributed by atoms with Crippen LogP contribution in [0.3, 0.4) is 0 Å². The molecule has 1 aromatic heterocycles. The van der Waals surface area contributed by atoms with Gasteiger partial charge in [0.25, 0.3) is 0 Å². The molecule has 0 saturated heterocycles. The molecular formula is C19H24N4. The van der Waals surface area contributed by atoms with Crippen molar-refractivity contribution >= 4 is 28.4 Å². The highest BCUT2D eigenvalue weighted by Gasteiger charge is 2.07. The van der Waals surface area contributed by atoms with Crippen LogP contribution >= 0.6 is 0 Å². The van der Waals surface area contributed by atoms with Crippen LogP contribution in [-0.2, 0) is 0 Å². The van der Waals surface area contributed by atoms with Gasteiger partial charge in [0.2, 0.25) is 5.95 Å². The highest BCUT2D eigenvalue weighted by Crippen LogP contribution is 2.25. The summed E-state index contributed by atoms with van der Waals surface area (Å²) in [6, 6.07) is 12.8. The molecule has 120 valence electrons. The normalized spacial score (nSPS) is 11.0. The van der Waals surface area contributed by atoms with Gasteiger partial charge >= 0.3 is 0 Å². The Bertz CT molecular complexity index is 815. The Morgan fingerprint density at radius 3 is 2.52 bits per heavy atom. The Labute approximate surface area is 137 Å². The maximum Gasteiger partial charge on any atom is 0.205 e. The monoisotopic (exact) mass is 308 g/mol. The van der Waals surface area contributed by atoms with E-state index in [4.69, 9.17) is 0 Å². The minimum Gasteiger partial charge on any atom is -0.372 e. The number of nitrogens with zero attached hydrogens (tertiary/aromatic N) is 2. The molecule has 3 rings (SSSR count). The van der Waals surface area contributed by atoms with Gasteiger partial charge < -0.3 is 15.2 Å². The van der Waals surface area contributed by atoms with Crippen LogP contribution in [0.15, 0.2) is 36.4 Å². The van der Waals surface area contributed by atoms with Gasteiger partial charge in [-0.3, -0.25) is 0 Å². The van der Waals surface area contributed by atoms with E-state index in [0.717, 1.165) is 35.8 Å². The Hall–Kier alpha value is -2.49. The SMILES string of the molecule is CCN(CC)c1ccc(Nc2nc3ccc(C)cc3[nH]2)c(C)c1. The van der Waals surface area contributed by atoms with E-state index < -0.39 is 0 Å². The average molecular weight is 308 g/mol. The molecule has 1 heterocycles. The zero-order valence-corrected chi connectivity index (χ0v) is 14.3. The summed E-state index contributed by atoms with van der Waals surface area (Å²) in [7, 11) is 0. The van der Waals surface area contributed by atoms with Crippen molar-refractivity contribution in [2.45, 2.75) is 27.7 Å². The molecule has 0 bridgehead atoms. The predicted octanol–water partition coefficient (Wildman–Crippen LogP) is 4.77. The number of anilines is 3. The minimum absolute atomic E-state index is 0.782. The fourth-order valence-electron chi connectivity index (χ4n) is 2.88. The summed E-state index contributed by atoms with van der Waals surface area (Å²) in [6.45, 7) is 10.6. The first-order valence-corrected chi connectivity index (χ1v) is 8.19. The van der Waals surface area contributed by atoms with Crippen LogP contribution in [0.25, 0.3) is 11.0 Å². The molecule has 4 heteroatoms. The maximum atomic E-state index is 4.60. The van der Waals surface area contributed by atoms with Gasteiger partial charge in [-0.05, 0) is 69.2 Å². The summed E-state index contributed by atoms with van der Waals surface area (Å²) in [5.41, 5.74) is 6.83. The second kappa shape index (κ2) is 6.32. The predicted molar refractivity (Wildman–Crippen MR) is 98.9 cm³/mol. The van der Waals surface area contributed by atoms with E-state index in [1.807, 2.05) is 6.07 Å². The number of fused-ring (bicyclic) bond motifs is 1. The molecule has 2 N–H and O–H groups in total. The molecule has 4 nitrogen and oxygen atoms in total. The summed E-state index contributed by atoms with van der Waals surface area (Å²) >= 11 is 0. The third kappa shape index (κ3) is 3.16. The first-order chi connectivity index (χ1) is 11.1. The van der Waals surface area contributed by atoms with Gasteiger partial charge in [-0.15, -0.1) is 0 Å². The zero-order valence-electron chi connectivity index (χ0n) is 14.3. The second-order valence-corrected chi connectivity index (χ2v) is 5.90. The molecule has 0 aliphatic carbocycles. The van der Waals surface area contributed by atoms with E-state index in [-0.39, 0.29) is 0 Å². The molecule has 0 amide bonds. The molecular weight excluding hydrogens is 284 g/mol. The lowest BCUT2D eigenvalue weighted by atomic mass is 10.1. The van der Waals surface area contributed by atoms with Crippen LogP contribution in [-0.4, -0.2) is 23.1 Å². The van der Waals surface area contributed by atoms with E-state index in [0.29, 0.717) is 0 Å². The molecule has 0 saturated carbocycles. The number of hydrogen-bond acceptors (Lipinski definition) is 3. The molecule has 0 fully saturated rings. The fraction of sp³-hybridized carbons (Fsp3) is 0.316. The summed E-state index contributed by atoms with van der Waals surface area (Å²) in [5, 5.41) is 3.40. The quantitative estimate of drug-likeness (QED) is 0.713. The number of hydrogen-bond donors (Lipinski definition) is 2. The smallest absolute Gasteiger partial charge is 0.205 e. The van der Waals surface area contributed by atoms with Crippen molar-refractivity contribution in [3.05, 3.63) is 47.5 Å². The maximum absolute atomic E-state index is 4.60. The lowest BCUT2D eigenvalue weighted by Crippen LogP contribution is -2.21. The summed E-state index contributed by atoms with van der Waals surface area (Å²) in [4.78, 5) is 10.3. The molecule has 0 aliphatic rings. The highest BCUT2D eigenvalue weighted by atomic mass is 15.1. The summed E-state index contributed by atoms with van der Waals surface area (Å²) in [6.07, 6.45) is 0. The van der Waals surface area contributed by atoms with Crippen molar-refractivity contribution in [1.82, 2.24) is 9.97 Å². The number of aromatic amines is 1. The van der Waals surface area contributed by atoms with Gasteiger partial charge in [0.05, 0.1) is 11.0 Å². The number of benzene rings is 2. The van der Waals surface area contributed by atoms with Gasteiger partial charge in [-0.25, -0.2) is 4.98 Å². The van der Waals surface area contributed by atoms with Crippen LogP contribution < -0.4 is 10.2 Å². The van der Waals surface area contributed by atoms with Crippen molar-refractivity contribution < 1.29 is 0 Å². The third-order valence-electron chi connectivity index (χ3n) is 4.23.